The first-order valence-electron chi connectivity index (χ1n) is 6.96. The summed E-state index contributed by atoms with van der Waals surface area (Å²) in [5.74, 6) is -0.616. The van der Waals surface area contributed by atoms with E-state index in [2.05, 4.69) is 10.3 Å². The van der Waals surface area contributed by atoms with Crippen LogP contribution in [0.1, 0.15) is 48.8 Å². The Morgan fingerprint density at radius 2 is 2.10 bits per heavy atom. The lowest BCUT2D eigenvalue weighted by Crippen LogP contribution is -2.27. The summed E-state index contributed by atoms with van der Waals surface area (Å²) in [6.07, 6.45) is 2.56. The van der Waals surface area contributed by atoms with Crippen molar-refractivity contribution in [3.05, 3.63) is 29.6 Å². The molecule has 0 saturated carbocycles. The summed E-state index contributed by atoms with van der Waals surface area (Å²) in [4.78, 5) is 26.6. The maximum absolute atomic E-state index is 11.9. The molecule has 2 N–H and O–H groups in total. The molecular weight excluding hydrogens is 256 g/mol. The highest BCUT2D eigenvalue weighted by atomic mass is 16.4. The van der Waals surface area contributed by atoms with Crippen molar-refractivity contribution in [2.24, 2.45) is 5.92 Å². The summed E-state index contributed by atoms with van der Waals surface area (Å²) in [6.45, 7) is 4.43. The van der Waals surface area contributed by atoms with E-state index in [-0.39, 0.29) is 12.3 Å². The number of nitrogens with zero attached hydrogens (tertiary/aromatic N) is 1. The van der Waals surface area contributed by atoms with E-state index in [1.54, 1.807) is 12.1 Å². The van der Waals surface area contributed by atoms with Crippen LogP contribution >= 0.6 is 0 Å². The average molecular weight is 278 g/mol. The summed E-state index contributed by atoms with van der Waals surface area (Å²) in [5, 5.41) is 11.5. The molecule has 1 rings (SSSR count). The van der Waals surface area contributed by atoms with Crippen LogP contribution in [0.2, 0.25) is 0 Å². The third-order valence-electron chi connectivity index (χ3n) is 3.30. The zero-order valence-electron chi connectivity index (χ0n) is 12.1. The van der Waals surface area contributed by atoms with E-state index in [1.807, 2.05) is 19.9 Å². The zero-order valence-corrected chi connectivity index (χ0v) is 12.1. The number of aryl methyl sites for hydroxylation is 1. The predicted octanol–water partition coefficient (Wildman–Crippen LogP) is 2.40. The van der Waals surface area contributed by atoms with Crippen LogP contribution in [0.25, 0.3) is 0 Å². The van der Waals surface area contributed by atoms with Crippen LogP contribution in [0.4, 0.5) is 0 Å². The molecule has 0 spiro atoms. The monoisotopic (exact) mass is 278 g/mol. The van der Waals surface area contributed by atoms with Crippen molar-refractivity contribution in [2.45, 2.75) is 39.5 Å². The molecule has 0 fully saturated rings. The predicted molar refractivity (Wildman–Crippen MR) is 76.6 cm³/mol. The SMILES string of the molecule is CCC(CCNC(=O)c1cccc(C)n1)CCC(=O)O. The van der Waals surface area contributed by atoms with Gasteiger partial charge in [-0.15, -0.1) is 0 Å². The highest BCUT2D eigenvalue weighted by Gasteiger charge is 2.11. The van der Waals surface area contributed by atoms with Gasteiger partial charge in [0.2, 0.25) is 0 Å². The molecule has 0 aliphatic heterocycles. The van der Waals surface area contributed by atoms with Gasteiger partial charge in [-0.1, -0.05) is 19.4 Å². The second-order valence-electron chi connectivity index (χ2n) is 4.92. The maximum atomic E-state index is 11.9. The molecule has 0 bridgehead atoms. The maximum Gasteiger partial charge on any atom is 0.303 e. The first-order chi connectivity index (χ1) is 9.52. The molecule has 5 nitrogen and oxygen atoms in total. The van der Waals surface area contributed by atoms with Gasteiger partial charge < -0.3 is 10.4 Å². The Morgan fingerprint density at radius 3 is 2.70 bits per heavy atom. The summed E-state index contributed by atoms with van der Waals surface area (Å²) >= 11 is 0. The van der Waals surface area contributed by atoms with Crippen molar-refractivity contribution in [2.75, 3.05) is 6.54 Å². The summed E-state index contributed by atoms with van der Waals surface area (Å²) in [6, 6.07) is 5.33. The number of carboxylic acids is 1. The van der Waals surface area contributed by atoms with E-state index in [4.69, 9.17) is 5.11 Å². The van der Waals surface area contributed by atoms with Crippen LogP contribution in [0.5, 0.6) is 0 Å². The summed E-state index contributed by atoms with van der Waals surface area (Å²) < 4.78 is 0. The van der Waals surface area contributed by atoms with Crippen molar-refractivity contribution in [3.8, 4) is 0 Å². The fourth-order valence-electron chi connectivity index (χ4n) is 2.03. The van der Waals surface area contributed by atoms with Crippen LogP contribution in [0, 0.1) is 12.8 Å². The van der Waals surface area contributed by atoms with E-state index in [9.17, 15) is 9.59 Å². The highest BCUT2D eigenvalue weighted by molar-refractivity contribution is 5.92. The van der Waals surface area contributed by atoms with Crippen LogP contribution in [-0.4, -0.2) is 28.5 Å². The fraction of sp³-hybridized carbons (Fsp3) is 0.533. The first kappa shape index (κ1) is 16.1. The zero-order chi connectivity index (χ0) is 15.0. The molecule has 1 aromatic rings. The minimum atomic E-state index is -0.767. The molecule has 0 saturated heterocycles. The number of nitrogens with one attached hydrogen (secondary N) is 1. The number of carboxylic acid groups (broad SMARTS) is 1. The Kier molecular flexibility index (Phi) is 6.70. The number of amides is 1. The average Bonchev–Trinajstić information content (AvgIpc) is 2.42. The van der Waals surface area contributed by atoms with E-state index in [0.717, 1.165) is 18.5 Å². The second-order valence-corrected chi connectivity index (χ2v) is 4.92. The molecule has 20 heavy (non-hydrogen) atoms. The van der Waals surface area contributed by atoms with Gasteiger partial charge in [-0.2, -0.15) is 0 Å². The van der Waals surface area contributed by atoms with Crippen molar-refractivity contribution in [1.82, 2.24) is 10.3 Å². The molecule has 0 aromatic carbocycles. The highest BCUT2D eigenvalue weighted by Crippen LogP contribution is 2.14. The molecule has 0 aliphatic carbocycles. The van der Waals surface area contributed by atoms with Crippen molar-refractivity contribution in [1.29, 1.82) is 0 Å². The summed E-state index contributed by atoms with van der Waals surface area (Å²) in [7, 11) is 0. The van der Waals surface area contributed by atoms with E-state index in [0.29, 0.717) is 24.6 Å². The molecule has 110 valence electrons. The molecule has 1 aromatic heterocycles. The van der Waals surface area contributed by atoms with E-state index < -0.39 is 5.97 Å². The van der Waals surface area contributed by atoms with Gasteiger partial charge >= 0.3 is 5.97 Å². The minimum absolute atomic E-state index is 0.179. The van der Waals surface area contributed by atoms with Gasteiger partial charge in [0, 0.05) is 18.7 Å². The van der Waals surface area contributed by atoms with Gasteiger partial charge in [-0.3, -0.25) is 9.59 Å². The van der Waals surface area contributed by atoms with Gasteiger partial charge in [-0.25, -0.2) is 4.98 Å². The van der Waals surface area contributed by atoms with Crippen LogP contribution < -0.4 is 5.32 Å². The van der Waals surface area contributed by atoms with Crippen molar-refractivity contribution in [3.63, 3.8) is 0 Å². The van der Waals surface area contributed by atoms with Gasteiger partial charge in [0.05, 0.1) is 0 Å². The molecular formula is C15H22N2O3. The molecule has 0 aliphatic rings. The standard InChI is InChI=1S/C15H22N2O3/c1-3-12(7-8-14(18)19)9-10-16-15(20)13-6-4-5-11(2)17-13/h4-6,12H,3,7-10H2,1-2H3,(H,16,20)(H,18,19). The fourth-order valence-corrected chi connectivity index (χ4v) is 2.03. The molecule has 1 unspecified atom stereocenters. The Balaban J connectivity index is 2.35. The lowest BCUT2D eigenvalue weighted by Gasteiger charge is -2.13. The third kappa shape index (κ3) is 5.82. The Labute approximate surface area is 119 Å². The Morgan fingerprint density at radius 1 is 1.35 bits per heavy atom. The number of rotatable bonds is 8. The number of pyridine rings is 1. The van der Waals surface area contributed by atoms with Crippen LogP contribution in [0.15, 0.2) is 18.2 Å². The van der Waals surface area contributed by atoms with Crippen molar-refractivity contribution < 1.29 is 14.7 Å². The second kappa shape index (κ2) is 8.30. The summed E-state index contributed by atoms with van der Waals surface area (Å²) in [5.41, 5.74) is 1.23. The topological polar surface area (TPSA) is 79.3 Å². The Bertz CT molecular complexity index is 460. The van der Waals surface area contributed by atoms with Gasteiger partial charge in [-0.05, 0) is 37.8 Å². The smallest absolute Gasteiger partial charge is 0.303 e. The normalized spacial score (nSPS) is 11.9. The van der Waals surface area contributed by atoms with Gasteiger partial charge in [0.15, 0.2) is 0 Å². The third-order valence-corrected chi connectivity index (χ3v) is 3.30. The number of hydrogen-bond donors (Lipinski definition) is 2. The number of aromatic nitrogens is 1. The molecule has 0 radical (unpaired) electrons. The van der Waals surface area contributed by atoms with Crippen LogP contribution in [-0.2, 0) is 4.79 Å². The van der Waals surface area contributed by atoms with E-state index >= 15 is 0 Å². The van der Waals surface area contributed by atoms with Gasteiger partial charge in [0.1, 0.15) is 5.69 Å². The quantitative estimate of drug-likeness (QED) is 0.765. The number of hydrogen-bond acceptors (Lipinski definition) is 3. The minimum Gasteiger partial charge on any atom is -0.481 e. The molecule has 5 heteroatoms. The molecule has 1 heterocycles. The largest absolute Gasteiger partial charge is 0.481 e. The molecule has 1 amide bonds. The lowest BCUT2D eigenvalue weighted by molar-refractivity contribution is -0.137. The van der Waals surface area contributed by atoms with E-state index in [1.165, 1.54) is 0 Å². The Hall–Kier alpha value is -1.91. The van der Waals surface area contributed by atoms with Crippen molar-refractivity contribution >= 4 is 11.9 Å². The number of carbonyl (C=O) groups excluding carboxylic acids is 1. The van der Waals surface area contributed by atoms with Crippen LogP contribution in [0.3, 0.4) is 0 Å². The number of carbonyl (C=O) groups is 2. The number of aliphatic carboxylic acids is 1. The van der Waals surface area contributed by atoms with Gasteiger partial charge in [0.25, 0.3) is 5.91 Å². The molecule has 1 atom stereocenters. The lowest BCUT2D eigenvalue weighted by atomic mass is 9.96. The first-order valence-corrected chi connectivity index (χ1v) is 6.96.